The van der Waals surface area contributed by atoms with Crippen molar-refractivity contribution in [2.24, 2.45) is 5.92 Å². The number of furan rings is 1. The molecular weight excluding hydrogens is 412 g/mol. The van der Waals surface area contributed by atoms with Crippen LogP contribution in [0.4, 0.5) is 0 Å². The molecule has 29 heavy (non-hydrogen) atoms. The lowest BCUT2D eigenvalue weighted by Crippen LogP contribution is -2.25. The van der Waals surface area contributed by atoms with Gasteiger partial charge >= 0.3 is 0 Å². The van der Waals surface area contributed by atoms with Crippen molar-refractivity contribution in [1.29, 1.82) is 0 Å². The van der Waals surface area contributed by atoms with Gasteiger partial charge in [-0.05, 0) is 43.2 Å². The van der Waals surface area contributed by atoms with Crippen LogP contribution in [0.1, 0.15) is 31.9 Å². The molecule has 9 heteroatoms. The smallest absolute Gasteiger partial charge is 0.262 e. The van der Waals surface area contributed by atoms with E-state index in [0.717, 1.165) is 0 Å². The summed E-state index contributed by atoms with van der Waals surface area (Å²) >= 11 is 7.48. The third kappa shape index (κ3) is 4.09. The lowest BCUT2D eigenvalue weighted by Gasteiger charge is -2.16. The Morgan fingerprint density at radius 3 is 2.76 bits per heavy atom. The number of halogens is 1. The van der Waals surface area contributed by atoms with Crippen LogP contribution in [-0.2, 0) is 6.54 Å². The molecule has 0 amide bonds. The number of benzene rings is 1. The van der Waals surface area contributed by atoms with E-state index in [9.17, 15) is 4.79 Å². The first-order chi connectivity index (χ1) is 13.9. The number of hydrogen-bond donors (Lipinski definition) is 0. The number of rotatable bonds is 6. The van der Waals surface area contributed by atoms with Crippen molar-refractivity contribution in [2.75, 3.05) is 0 Å². The van der Waals surface area contributed by atoms with Crippen molar-refractivity contribution < 1.29 is 8.94 Å². The summed E-state index contributed by atoms with van der Waals surface area (Å²) in [7, 11) is 0. The van der Waals surface area contributed by atoms with Crippen molar-refractivity contribution in [2.45, 2.75) is 37.7 Å². The van der Waals surface area contributed by atoms with Gasteiger partial charge in [0.1, 0.15) is 0 Å². The first kappa shape index (κ1) is 19.7. The number of fused-ring (bicyclic) bond motifs is 1. The zero-order valence-electron chi connectivity index (χ0n) is 16.1. The molecular formula is C20H19ClN4O3S. The molecule has 0 aliphatic carbocycles. The molecule has 1 atom stereocenters. The van der Waals surface area contributed by atoms with E-state index in [2.05, 4.69) is 24.0 Å². The van der Waals surface area contributed by atoms with E-state index in [1.807, 2.05) is 6.92 Å². The summed E-state index contributed by atoms with van der Waals surface area (Å²) in [6.07, 6.45) is 1.55. The van der Waals surface area contributed by atoms with Crippen LogP contribution in [0, 0.1) is 5.92 Å². The van der Waals surface area contributed by atoms with Gasteiger partial charge in [-0.1, -0.05) is 42.4 Å². The Labute approximate surface area is 176 Å². The molecule has 0 saturated carbocycles. The van der Waals surface area contributed by atoms with Gasteiger partial charge in [0, 0.05) is 11.6 Å². The maximum atomic E-state index is 13.1. The van der Waals surface area contributed by atoms with E-state index in [1.54, 1.807) is 41.2 Å². The number of nitrogens with zero attached hydrogens (tertiary/aromatic N) is 4. The third-order valence-electron chi connectivity index (χ3n) is 4.24. The average Bonchev–Trinajstić information content (AvgIpc) is 3.36. The normalized spacial score (nSPS) is 12.7. The minimum Gasteiger partial charge on any atom is -0.461 e. The lowest BCUT2D eigenvalue weighted by atomic mass is 10.2. The highest BCUT2D eigenvalue weighted by atomic mass is 35.5. The monoisotopic (exact) mass is 430 g/mol. The number of thioether (sulfide) groups is 1. The van der Waals surface area contributed by atoms with Crippen LogP contribution in [-0.4, -0.2) is 19.7 Å². The summed E-state index contributed by atoms with van der Waals surface area (Å²) < 4.78 is 12.4. The molecule has 0 aliphatic rings. The molecule has 0 N–H and O–H groups in total. The third-order valence-corrected chi connectivity index (χ3v) is 5.55. The minimum atomic E-state index is -0.207. The molecule has 0 bridgehead atoms. The van der Waals surface area contributed by atoms with E-state index >= 15 is 0 Å². The van der Waals surface area contributed by atoms with E-state index < -0.39 is 0 Å². The van der Waals surface area contributed by atoms with Gasteiger partial charge in [0.2, 0.25) is 11.7 Å². The molecule has 0 spiro atoms. The minimum absolute atomic E-state index is 0.109. The van der Waals surface area contributed by atoms with Crippen LogP contribution < -0.4 is 5.56 Å². The molecule has 0 fully saturated rings. The quantitative estimate of drug-likeness (QED) is 0.306. The van der Waals surface area contributed by atoms with E-state index in [0.29, 0.717) is 45.1 Å². The summed E-state index contributed by atoms with van der Waals surface area (Å²) in [6, 6.07) is 8.68. The molecule has 0 radical (unpaired) electrons. The van der Waals surface area contributed by atoms with Crippen LogP contribution in [0.2, 0.25) is 5.02 Å². The highest BCUT2D eigenvalue weighted by Gasteiger charge is 2.21. The molecule has 1 unspecified atom stereocenters. The fraction of sp³-hybridized carbons (Fsp3) is 0.300. The van der Waals surface area contributed by atoms with Crippen LogP contribution in [0.25, 0.3) is 22.5 Å². The Morgan fingerprint density at radius 1 is 1.21 bits per heavy atom. The highest BCUT2D eigenvalue weighted by molar-refractivity contribution is 7.99. The Morgan fingerprint density at radius 2 is 2.03 bits per heavy atom. The largest absolute Gasteiger partial charge is 0.461 e. The molecule has 4 aromatic rings. The van der Waals surface area contributed by atoms with Crippen LogP contribution >= 0.6 is 23.4 Å². The van der Waals surface area contributed by atoms with Gasteiger partial charge < -0.3 is 8.94 Å². The van der Waals surface area contributed by atoms with E-state index in [1.165, 1.54) is 11.8 Å². The fourth-order valence-electron chi connectivity index (χ4n) is 2.90. The van der Waals surface area contributed by atoms with Gasteiger partial charge in [0.25, 0.3) is 5.56 Å². The SMILES string of the molecule is CC(C)Cn1c(SC(C)c2nc(-c3ccco3)no2)nc2ccc(Cl)cc2c1=O. The van der Waals surface area contributed by atoms with Gasteiger partial charge in [-0.25, -0.2) is 4.98 Å². The molecule has 0 saturated heterocycles. The fourth-order valence-corrected chi connectivity index (χ4v) is 4.02. The first-order valence-corrected chi connectivity index (χ1v) is 10.4. The predicted octanol–water partition coefficient (Wildman–Crippen LogP) is 5.20. The zero-order valence-corrected chi connectivity index (χ0v) is 17.7. The van der Waals surface area contributed by atoms with Crippen LogP contribution in [0.15, 0.2) is 55.5 Å². The van der Waals surface area contributed by atoms with Gasteiger partial charge in [0.05, 0.1) is 22.4 Å². The van der Waals surface area contributed by atoms with E-state index in [4.69, 9.17) is 25.5 Å². The zero-order chi connectivity index (χ0) is 20.5. The molecule has 150 valence electrons. The summed E-state index contributed by atoms with van der Waals surface area (Å²) in [6.45, 7) is 6.59. The van der Waals surface area contributed by atoms with Gasteiger partial charge in [0.15, 0.2) is 10.9 Å². The number of hydrogen-bond acceptors (Lipinski definition) is 7. The molecule has 7 nitrogen and oxygen atoms in total. The molecule has 4 rings (SSSR count). The maximum Gasteiger partial charge on any atom is 0.262 e. The number of aromatic nitrogens is 4. The van der Waals surface area contributed by atoms with Gasteiger partial charge in [-0.3, -0.25) is 9.36 Å². The molecule has 0 aliphatic heterocycles. The van der Waals surface area contributed by atoms with Gasteiger partial charge in [-0.2, -0.15) is 4.98 Å². The average molecular weight is 431 g/mol. The molecule has 3 aromatic heterocycles. The van der Waals surface area contributed by atoms with Crippen molar-refractivity contribution in [3.63, 3.8) is 0 Å². The summed E-state index contributed by atoms with van der Waals surface area (Å²) in [5.41, 5.74) is 0.499. The van der Waals surface area contributed by atoms with Crippen molar-refractivity contribution in [3.8, 4) is 11.6 Å². The summed E-state index contributed by atoms with van der Waals surface area (Å²) in [5.74, 6) is 1.63. The predicted molar refractivity (Wildman–Crippen MR) is 112 cm³/mol. The van der Waals surface area contributed by atoms with Crippen molar-refractivity contribution >= 4 is 34.3 Å². The van der Waals surface area contributed by atoms with Gasteiger partial charge in [-0.15, -0.1) is 0 Å². The second-order valence-corrected chi connectivity index (χ2v) is 8.80. The van der Waals surface area contributed by atoms with Crippen LogP contribution in [0.5, 0.6) is 0 Å². The Bertz CT molecular complexity index is 1200. The Hall–Kier alpha value is -2.58. The summed E-state index contributed by atoms with van der Waals surface area (Å²) in [4.78, 5) is 22.2. The van der Waals surface area contributed by atoms with Crippen LogP contribution in [0.3, 0.4) is 0 Å². The Balaban J connectivity index is 1.71. The molecule has 1 aromatic carbocycles. The van der Waals surface area contributed by atoms with Crippen molar-refractivity contribution in [3.05, 3.63) is 57.9 Å². The Kier molecular flexibility index (Phi) is 5.47. The lowest BCUT2D eigenvalue weighted by molar-refractivity contribution is 0.379. The summed E-state index contributed by atoms with van der Waals surface area (Å²) in [5, 5.41) is 5.39. The standard InChI is InChI=1S/C20H19ClN4O3S/c1-11(2)10-25-19(26)14-9-13(21)6-7-15(14)22-20(25)29-12(3)18-23-17(24-28-18)16-5-4-8-27-16/h4-9,11-12H,10H2,1-3H3. The molecule has 3 heterocycles. The topological polar surface area (TPSA) is 86.9 Å². The van der Waals surface area contributed by atoms with E-state index in [-0.39, 0.29) is 16.7 Å². The first-order valence-electron chi connectivity index (χ1n) is 9.16. The maximum absolute atomic E-state index is 13.1. The second kappa shape index (κ2) is 8.04. The second-order valence-electron chi connectivity index (χ2n) is 7.06. The van der Waals surface area contributed by atoms with Crippen molar-refractivity contribution in [1.82, 2.24) is 19.7 Å². The highest BCUT2D eigenvalue weighted by Crippen LogP contribution is 2.34.